The Morgan fingerprint density at radius 1 is 1.09 bits per heavy atom. The Labute approximate surface area is 186 Å². The van der Waals surface area contributed by atoms with Crippen LogP contribution < -0.4 is 10.6 Å². The van der Waals surface area contributed by atoms with E-state index < -0.39 is 29.5 Å². The molecule has 0 aliphatic carbocycles. The zero-order chi connectivity index (χ0) is 22.8. The molecule has 0 saturated carbocycles. The third-order valence-corrected chi connectivity index (χ3v) is 7.18. The van der Waals surface area contributed by atoms with Crippen LogP contribution in [0, 0.1) is 25.7 Å². The summed E-state index contributed by atoms with van der Waals surface area (Å²) < 4.78 is 0. The van der Waals surface area contributed by atoms with Crippen molar-refractivity contribution in [2.75, 3.05) is 11.9 Å². The lowest BCUT2D eigenvalue weighted by Gasteiger charge is -2.30. The van der Waals surface area contributed by atoms with Crippen molar-refractivity contribution in [3.05, 3.63) is 64.7 Å². The number of aliphatic hydroxyl groups excluding tert-OH is 1. The first kappa shape index (κ1) is 20.8. The van der Waals surface area contributed by atoms with E-state index in [9.17, 15) is 19.5 Å². The van der Waals surface area contributed by atoms with E-state index in [1.807, 2.05) is 56.3 Å². The molecule has 0 radical (unpaired) electrons. The number of nitrogens with zero attached hydrogens (tertiary/aromatic N) is 1. The van der Waals surface area contributed by atoms with Crippen molar-refractivity contribution in [3.8, 4) is 0 Å². The summed E-state index contributed by atoms with van der Waals surface area (Å²) in [4.78, 5) is 41.8. The molecule has 0 bridgehead atoms. The van der Waals surface area contributed by atoms with Crippen LogP contribution in [0.5, 0.6) is 0 Å². The number of likely N-dealkylation sites (tertiary alicyclic amines) is 1. The molecule has 32 heavy (non-hydrogen) atoms. The maximum Gasteiger partial charge on any atom is 0.250 e. The van der Waals surface area contributed by atoms with Crippen LogP contribution in [0.4, 0.5) is 5.69 Å². The Kier molecular flexibility index (Phi) is 4.72. The molecule has 2 saturated heterocycles. The molecule has 2 aromatic rings. The second kappa shape index (κ2) is 7.25. The highest BCUT2D eigenvalue weighted by molar-refractivity contribution is 6.15. The van der Waals surface area contributed by atoms with E-state index in [2.05, 4.69) is 10.6 Å². The normalized spacial score (nSPS) is 29.4. The van der Waals surface area contributed by atoms with Crippen molar-refractivity contribution >= 4 is 23.4 Å². The van der Waals surface area contributed by atoms with Crippen molar-refractivity contribution in [1.82, 2.24) is 10.2 Å². The summed E-state index contributed by atoms with van der Waals surface area (Å²) in [6, 6.07) is 12.9. The summed E-state index contributed by atoms with van der Waals surface area (Å²) in [6.07, 6.45) is -0.367. The van der Waals surface area contributed by atoms with Gasteiger partial charge in [0, 0.05) is 23.8 Å². The van der Waals surface area contributed by atoms with E-state index >= 15 is 0 Å². The van der Waals surface area contributed by atoms with E-state index in [4.69, 9.17) is 0 Å². The highest BCUT2D eigenvalue weighted by Crippen LogP contribution is 2.54. The van der Waals surface area contributed by atoms with Gasteiger partial charge in [0.2, 0.25) is 17.7 Å². The molecule has 3 aliphatic heterocycles. The van der Waals surface area contributed by atoms with Crippen LogP contribution in [0.25, 0.3) is 0 Å². The molecule has 7 nitrogen and oxygen atoms in total. The average Bonchev–Trinajstić information content (AvgIpc) is 3.34. The van der Waals surface area contributed by atoms with Crippen molar-refractivity contribution in [2.45, 2.75) is 44.9 Å². The number of hydrogen-bond donors (Lipinski definition) is 3. The Hall–Kier alpha value is -3.03. The fourth-order valence-electron chi connectivity index (χ4n) is 5.77. The minimum absolute atomic E-state index is 0.249. The lowest BCUT2D eigenvalue weighted by Crippen LogP contribution is -2.55. The van der Waals surface area contributed by atoms with Crippen LogP contribution in [0.3, 0.4) is 0 Å². The molecule has 3 aliphatic rings. The van der Waals surface area contributed by atoms with Crippen LogP contribution in [0.2, 0.25) is 0 Å². The van der Waals surface area contributed by atoms with Gasteiger partial charge in [0.1, 0.15) is 5.54 Å². The van der Waals surface area contributed by atoms with Gasteiger partial charge in [0.15, 0.2) is 0 Å². The standard InChI is InChI=1S/C25H27N3O4/c1-13-11-14(2)20-17(12-13)25(24(32)26-20)19-18(21(27-25)15(3)29)22(30)28(23(19)31)10-9-16-7-5-4-6-8-16/h4-8,11-12,15,18-19,21,27,29H,9-10H2,1-3H3,(H,26,32)/t15-,18+,19-,21+,25-/m1/s1. The molecule has 0 unspecified atom stereocenters. The molecule has 7 heteroatoms. The predicted octanol–water partition coefficient (Wildman–Crippen LogP) is 1.65. The smallest absolute Gasteiger partial charge is 0.250 e. The lowest BCUT2D eigenvalue weighted by molar-refractivity contribution is -0.143. The fourth-order valence-corrected chi connectivity index (χ4v) is 5.77. The molecule has 2 fully saturated rings. The van der Waals surface area contributed by atoms with Gasteiger partial charge in [-0.05, 0) is 38.3 Å². The highest BCUT2D eigenvalue weighted by atomic mass is 16.3. The first-order valence-corrected chi connectivity index (χ1v) is 11.0. The number of fused-ring (bicyclic) bond motifs is 4. The van der Waals surface area contributed by atoms with E-state index in [1.54, 1.807) is 6.92 Å². The zero-order valence-corrected chi connectivity index (χ0v) is 18.4. The van der Waals surface area contributed by atoms with Crippen LogP contribution in [-0.4, -0.2) is 46.4 Å². The quantitative estimate of drug-likeness (QED) is 0.637. The summed E-state index contributed by atoms with van der Waals surface area (Å²) in [5.41, 5.74) is 2.90. The number of aryl methyl sites for hydroxylation is 2. The number of nitrogens with one attached hydrogen (secondary N) is 2. The van der Waals surface area contributed by atoms with Gasteiger partial charge < -0.3 is 10.4 Å². The Morgan fingerprint density at radius 2 is 1.81 bits per heavy atom. The number of imide groups is 1. The number of carbonyl (C=O) groups is 3. The first-order valence-electron chi connectivity index (χ1n) is 11.0. The van der Waals surface area contributed by atoms with Crippen molar-refractivity contribution in [2.24, 2.45) is 11.8 Å². The third-order valence-electron chi connectivity index (χ3n) is 7.18. The second-order valence-corrected chi connectivity index (χ2v) is 9.24. The van der Waals surface area contributed by atoms with Crippen LogP contribution in [0.1, 0.15) is 29.2 Å². The average molecular weight is 434 g/mol. The number of rotatable bonds is 4. The van der Waals surface area contributed by atoms with Gasteiger partial charge in [-0.1, -0.05) is 48.0 Å². The van der Waals surface area contributed by atoms with Crippen molar-refractivity contribution < 1.29 is 19.5 Å². The Morgan fingerprint density at radius 3 is 2.50 bits per heavy atom. The summed E-state index contributed by atoms with van der Waals surface area (Å²) in [6.45, 7) is 5.69. The van der Waals surface area contributed by atoms with E-state index in [0.29, 0.717) is 17.7 Å². The largest absolute Gasteiger partial charge is 0.392 e. The topological polar surface area (TPSA) is 98.7 Å². The molecule has 2 aromatic carbocycles. The fraction of sp³-hybridized carbons (Fsp3) is 0.400. The summed E-state index contributed by atoms with van der Waals surface area (Å²) in [7, 11) is 0. The molecule has 5 rings (SSSR count). The number of anilines is 1. The summed E-state index contributed by atoms with van der Waals surface area (Å²) >= 11 is 0. The molecule has 166 valence electrons. The maximum absolute atomic E-state index is 13.7. The number of carbonyl (C=O) groups excluding carboxylic acids is 3. The molecule has 3 amide bonds. The number of amides is 3. The van der Waals surface area contributed by atoms with E-state index in [0.717, 1.165) is 16.7 Å². The van der Waals surface area contributed by atoms with Gasteiger partial charge in [0.25, 0.3) is 0 Å². The SMILES string of the molecule is Cc1cc(C)c2c(c1)[C@]1(N[C@@H]([C@@H](C)O)[C@H]3C(=O)N(CCc4ccccc4)C(=O)[C@@H]31)C(=O)N2. The number of hydrogen-bond acceptors (Lipinski definition) is 5. The predicted molar refractivity (Wildman–Crippen MR) is 119 cm³/mol. The zero-order valence-electron chi connectivity index (χ0n) is 18.4. The van der Waals surface area contributed by atoms with E-state index in [-0.39, 0.29) is 24.3 Å². The van der Waals surface area contributed by atoms with Gasteiger partial charge in [-0.3, -0.25) is 24.6 Å². The van der Waals surface area contributed by atoms with Gasteiger partial charge >= 0.3 is 0 Å². The van der Waals surface area contributed by atoms with Gasteiger partial charge in [-0.2, -0.15) is 0 Å². The minimum atomic E-state index is -1.37. The molecular formula is C25H27N3O4. The molecule has 1 spiro atoms. The third kappa shape index (κ3) is 2.77. The highest BCUT2D eigenvalue weighted by Gasteiger charge is 2.71. The Bertz CT molecular complexity index is 1130. The minimum Gasteiger partial charge on any atom is -0.392 e. The van der Waals surface area contributed by atoms with Crippen molar-refractivity contribution in [3.63, 3.8) is 0 Å². The summed E-state index contributed by atoms with van der Waals surface area (Å²) in [5, 5.41) is 16.7. The van der Waals surface area contributed by atoms with E-state index in [1.165, 1.54) is 4.90 Å². The lowest BCUT2D eigenvalue weighted by atomic mass is 9.75. The molecule has 3 N–H and O–H groups in total. The number of benzene rings is 2. The maximum atomic E-state index is 13.7. The molecule has 3 heterocycles. The van der Waals surface area contributed by atoms with Gasteiger partial charge in [0.05, 0.1) is 17.9 Å². The molecule has 5 atom stereocenters. The van der Waals surface area contributed by atoms with Crippen molar-refractivity contribution in [1.29, 1.82) is 0 Å². The van der Waals surface area contributed by atoms with Crippen LogP contribution in [-0.2, 0) is 26.3 Å². The van der Waals surface area contributed by atoms with Gasteiger partial charge in [-0.15, -0.1) is 0 Å². The van der Waals surface area contributed by atoms with Gasteiger partial charge in [-0.25, -0.2) is 0 Å². The molecule has 0 aromatic heterocycles. The molecular weight excluding hydrogens is 406 g/mol. The summed E-state index contributed by atoms with van der Waals surface area (Å²) in [5.74, 6) is -2.71. The second-order valence-electron chi connectivity index (χ2n) is 9.24. The van der Waals surface area contributed by atoms with Crippen LogP contribution in [0.15, 0.2) is 42.5 Å². The number of aliphatic hydroxyl groups is 1. The van der Waals surface area contributed by atoms with Crippen LogP contribution >= 0.6 is 0 Å². The monoisotopic (exact) mass is 433 g/mol. The Balaban J connectivity index is 1.58. The first-order chi connectivity index (χ1) is 15.3.